The SMILES string of the molecule is CCC(CC(F)(F)F)P(=O)([O-])[O-]. The van der Waals surface area contributed by atoms with E-state index in [9.17, 15) is 27.5 Å². The van der Waals surface area contributed by atoms with Crippen LogP contribution in [0.4, 0.5) is 13.2 Å². The van der Waals surface area contributed by atoms with Crippen molar-refractivity contribution in [3.05, 3.63) is 0 Å². The second kappa shape index (κ2) is 3.77. The second-order valence-corrected chi connectivity index (χ2v) is 4.23. The van der Waals surface area contributed by atoms with Crippen molar-refractivity contribution in [2.45, 2.75) is 31.6 Å². The lowest BCUT2D eigenvalue weighted by atomic mass is 10.2. The molecule has 0 aliphatic carbocycles. The Labute approximate surface area is 67.7 Å². The zero-order valence-corrected chi connectivity index (χ0v) is 7.19. The molecule has 0 fully saturated rings. The number of halogens is 3. The zero-order chi connectivity index (χ0) is 9.99. The molecule has 0 aromatic rings. The molecule has 0 N–H and O–H groups in total. The summed E-state index contributed by atoms with van der Waals surface area (Å²) in [6, 6.07) is 0. The average molecular weight is 204 g/mol. The fraction of sp³-hybridized carbons (Fsp3) is 1.00. The predicted molar refractivity (Wildman–Crippen MR) is 32.4 cm³/mol. The Kier molecular flexibility index (Phi) is 3.75. The van der Waals surface area contributed by atoms with Crippen molar-refractivity contribution >= 4 is 7.60 Å². The van der Waals surface area contributed by atoms with Crippen LogP contribution in [0.1, 0.15) is 19.8 Å². The van der Waals surface area contributed by atoms with Gasteiger partial charge in [0.2, 0.25) is 0 Å². The van der Waals surface area contributed by atoms with Gasteiger partial charge in [0.05, 0.1) is 6.42 Å². The lowest BCUT2D eigenvalue weighted by Gasteiger charge is -2.38. The van der Waals surface area contributed by atoms with E-state index in [1.807, 2.05) is 0 Å². The third kappa shape index (κ3) is 4.74. The first-order chi connectivity index (χ1) is 5.17. The van der Waals surface area contributed by atoms with E-state index in [2.05, 4.69) is 0 Å². The van der Waals surface area contributed by atoms with Crippen LogP contribution in [0.3, 0.4) is 0 Å². The van der Waals surface area contributed by atoms with Crippen molar-refractivity contribution in [2.24, 2.45) is 0 Å². The van der Waals surface area contributed by atoms with Crippen molar-refractivity contribution in [3.8, 4) is 0 Å². The van der Waals surface area contributed by atoms with Crippen LogP contribution in [0.2, 0.25) is 0 Å². The van der Waals surface area contributed by atoms with Gasteiger partial charge in [-0.2, -0.15) is 13.2 Å². The molecule has 0 saturated carbocycles. The molecule has 7 heteroatoms. The van der Waals surface area contributed by atoms with Gasteiger partial charge in [-0.1, -0.05) is 14.5 Å². The molecule has 12 heavy (non-hydrogen) atoms. The van der Waals surface area contributed by atoms with E-state index in [4.69, 9.17) is 0 Å². The van der Waals surface area contributed by atoms with Crippen LogP contribution >= 0.6 is 7.60 Å². The number of rotatable bonds is 3. The quantitative estimate of drug-likeness (QED) is 0.633. The van der Waals surface area contributed by atoms with Gasteiger partial charge in [-0.3, -0.25) is 0 Å². The Balaban J connectivity index is 4.30. The highest BCUT2D eigenvalue weighted by Gasteiger charge is 2.32. The van der Waals surface area contributed by atoms with Crippen molar-refractivity contribution in [1.29, 1.82) is 0 Å². The smallest absolute Gasteiger partial charge is 0.389 e. The summed E-state index contributed by atoms with van der Waals surface area (Å²) in [4.78, 5) is 20.4. The molecule has 0 aromatic carbocycles. The highest BCUT2D eigenvalue weighted by atomic mass is 31.2. The normalized spacial score (nSPS) is 16.2. The molecule has 1 unspecified atom stereocenters. The molecule has 0 amide bonds. The summed E-state index contributed by atoms with van der Waals surface area (Å²) < 4.78 is 45.1. The fourth-order valence-corrected chi connectivity index (χ4v) is 1.62. The van der Waals surface area contributed by atoms with E-state index in [0.717, 1.165) is 0 Å². The Morgan fingerprint density at radius 2 is 1.83 bits per heavy atom. The maximum atomic E-state index is 11.6. The van der Waals surface area contributed by atoms with Crippen molar-refractivity contribution in [2.75, 3.05) is 0 Å². The zero-order valence-electron chi connectivity index (χ0n) is 6.30. The van der Waals surface area contributed by atoms with Gasteiger partial charge in [-0.15, -0.1) is 0 Å². The van der Waals surface area contributed by atoms with Gasteiger partial charge in [0.1, 0.15) is 0 Å². The molecular weight excluding hydrogens is 196 g/mol. The van der Waals surface area contributed by atoms with E-state index < -0.39 is 25.9 Å². The van der Waals surface area contributed by atoms with E-state index in [1.165, 1.54) is 6.92 Å². The summed E-state index contributed by atoms with van der Waals surface area (Å²) in [7, 11) is -5.09. The Morgan fingerprint density at radius 1 is 1.42 bits per heavy atom. The first kappa shape index (κ1) is 11.9. The molecule has 1 atom stereocenters. The van der Waals surface area contributed by atoms with E-state index in [0.29, 0.717) is 0 Å². The van der Waals surface area contributed by atoms with Crippen LogP contribution < -0.4 is 9.79 Å². The van der Waals surface area contributed by atoms with Gasteiger partial charge < -0.3 is 14.4 Å². The third-order valence-electron chi connectivity index (χ3n) is 1.39. The van der Waals surface area contributed by atoms with Crippen LogP contribution in [-0.2, 0) is 4.57 Å². The van der Waals surface area contributed by atoms with Crippen molar-refractivity contribution in [3.63, 3.8) is 0 Å². The van der Waals surface area contributed by atoms with Gasteiger partial charge in [0, 0.05) is 0 Å². The highest BCUT2D eigenvalue weighted by molar-refractivity contribution is 7.49. The molecule has 0 aliphatic rings. The Morgan fingerprint density at radius 3 is 1.92 bits per heavy atom. The summed E-state index contributed by atoms with van der Waals surface area (Å²) in [5.41, 5.74) is -1.82. The summed E-state index contributed by atoms with van der Waals surface area (Å²) in [6.45, 7) is 1.23. The van der Waals surface area contributed by atoms with Gasteiger partial charge in [0.25, 0.3) is 0 Å². The first-order valence-electron chi connectivity index (χ1n) is 3.25. The lowest BCUT2D eigenvalue weighted by molar-refractivity contribution is -0.318. The molecule has 0 heterocycles. The number of alkyl halides is 3. The molecule has 0 spiro atoms. The highest BCUT2D eigenvalue weighted by Crippen LogP contribution is 2.40. The minimum absolute atomic E-state index is 0.302. The third-order valence-corrected chi connectivity index (χ3v) is 2.83. The minimum atomic E-state index is -5.09. The number of hydrogen-bond donors (Lipinski definition) is 0. The van der Waals surface area contributed by atoms with E-state index in [-0.39, 0.29) is 6.42 Å². The maximum Gasteiger partial charge on any atom is 0.389 e. The summed E-state index contributed by atoms with van der Waals surface area (Å²) in [5, 5.41) is 0. The topological polar surface area (TPSA) is 63.2 Å². The minimum Gasteiger partial charge on any atom is -0.811 e. The second-order valence-electron chi connectivity index (χ2n) is 2.42. The number of hydrogen-bond acceptors (Lipinski definition) is 3. The van der Waals surface area contributed by atoms with Gasteiger partial charge in [-0.25, -0.2) is 0 Å². The maximum absolute atomic E-state index is 11.6. The van der Waals surface area contributed by atoms with E-state index >= 15 is 0 Å². The predicted octanol–water partition coefficient (Wildman–Crippen LogP) is 0.631. The molecule has 0 radical (unpaired) electrons. The molecule has 0 aromatic heterocycles. The van der Waals surface area contributed by atoms with Gasteiger partial charge in [0.15, 0.2) is 0 Å². The van der Waals surface area contributed by atoms with Crippen LogP contribution in [0.15, 0.2) is 0 Å². The molecule has 0 rings (SSSR count). The lowest BCUT2D eigenvalue weighted by Crippen LogP contribution is -2.29. The van der Waals surface area contributed by atoms with Gasteiger partial charge >= 0.3 is 6.18 Å². The van der Waals surface area contributed by atoms with Crippen molar-refractivity contribution < 1.29 is 27.5 Å². The molecular formula is C5H8F3O3P-2. The summed E-state index contributed by atoms with van der Waals surface area (Å²) in [6.07, 6.45) is -6.44. The molecule has 0 bridgehead atoms. The summed E-state index contributed by atoms with van der Waals surface area (Å²) >= 11 is 0. The van der Waals surface area contributed by atoms with Crippen LogP contribution in [0.5, 0.6) is 0 Å². The van der Waals surface area contributed by atoms with E-state index in [1.54, 1.807) is 0 Å². The van der Waals surface area contributed by atoms with Crippen LogP contribution in [0.25, 0.3) is 0 Å². The Hall–Kier alpha value is -0.0600. The molecule has 74 valence electrons. The Bertz CT molecular complexity index is 185. The largest absolute Gasteiger partial charge is 0.811 e. The van der Waals surface area contributed by atoms with Gasteiger partial charge in [-0.05, 0) is 12.1 Å². The molecule has 0 saturated heterocycles. The first-order valence-corrected chi connectivity index (χ1v) is 4.86. The van der Waals surface area contributed by atoms with Crippen LogP contribution in [-0.4, -0.2) is 11.8 Å². The fourth-order valence-electron chi connectivity index (χ4n) is 0.747. The standard InChI is InChI=1S/C5H10F3O3P/c1-2-4(12(9,10)11)3-5(6,7)8/h4H,2-3H2,1H3,(H2,9,10,11)/p-2. The molecule has 0 aliphatic heterocycles. The molecule has 3 nitrogen and oxygen atoms in total. The monoisotopic (exact) mass is 204 g/mol. The summed E-state index contributed by atoms with van der Waals surface area (Å²) in [5.74, 6) is 0. The van der Waals surface area contributed by atoms with Crippen molar-refractivity contribution in [1.82, 2.24) is 0 Å². The average Bonchev–Trinajstić information content (AvgIpc) is 1.78. The van der Waals surface area contributed by atoms with Crippen LogP contribution in [0, 0.1) is 0 Å².